The van der Waals surface area contributed by atoms with Crippen LogP contribution in [0.2, 0.25) is 0 Å². The number of aryl methyl sites for hydroxylation is 3. The lowest BCUT2D eigenvalue weighted by atomic mass is 10.2. The first-order valence-electron chi connectivity index (χ1n) is 6.06. The molecule has 0 fully saturated rings. The van der Waals surface area contributed by atoms with Gasteiger partial charge in [-0.15, -0.1) is 0 Å². The smallest absolute Gasteiger partial charge is 0.274 e. The molecule has 6 heteroatoms. The van der Waals surface area contributed by atoms with E-state index in [-0.39, 0.29) is 10.6 Å². The van der Waals surface area contributed by atoms with Gasteiger partial charge in [-0.05, 0) is 19.4 Å². The minimum Gasteiger partial charge on any atom is -0.353 e. The number of nitrogens with one attached hydrogen (secondary N) is 1. The molecule has 0 amide bonds. The number of nitro benzene ring substituents is 1. The van der Waals surface area contributed by atoms with Crippen molar-refractivity contribution in [3.63, 3.8) is 0 Å². The molecular weight excluding hydrogens is 244 g/mol. The van der Waals surface area contributed by atoms with Crippen LogP contribution in [0.1, 0.15) is 18.2 Å². The number of nitrogens with zero attached hydrogens (tertiary/aromatic N) is 3. The zero-order valence-corrected chi connectivity index (χ0v) is 11.2. The molecule has 0 aliphatic carbocycles. The number of aromatic nitrogens is 2. The molecule has 1 N–H and O–H groups in total. The average Bonchev–Trinajstić information content (AvgIpc) is 2.71. The van der Waals surface area contributed by atoms with Crippen LogP contribution >= 0.6 is 0 Å². The van der Waals surface area contributed by atoms with Gasteiger partial charge in [-0.25, -0.2) is 0 Å². The molecule has 0 unspecified atom stereocenters. The minimum absolute atomic E-state index is 0.118. The quantitative estimate of drug-likeness (QED) is 0.677. The highest BCUT2D eigenvalue weighted by Crippen LogP contribution is 2.26. The molecule has 1 aromatic heterocycles. The van der Waals surface area contributed by atoms with Crippen LogP contribution in [0.15, 0.2) is 24.4 Å². The third-order valence-electron chi connectivity index (χ3n) is 2.93. The topological polar surface area (TPSA) is 73.0 Å². The van der Waals surface area contributed by atoms with E-state index < -0.39 is 0 Å². The SMILES string of the molecule is CCc1nn(C)cc1Nc1ccc(C)c([N+](=O)[O-])c1. The molecule has 1 heterocycles. The molecule has 19 heavy (non-hydrogen) atoms. The van der Waals surface area contributed by atoms with E-state index in [0.717, 1.165) is 17.8 Å². The van der Waals surface area contributed by atoms with Crippen molar-refractivity contribution in [2.24, 2.45) is 7.05 Å². The standard InChI is InChI=1S/C13H16N4O2/c1-4-11-12(8-16(3)15-11)14-10-6-5-9(2)13(7-10)17(18)19/h5-8,14H,4H2,1-3H3. The number of hydrogen-bond donors (Lipinski definition) is 1. The van der Waals surface area contributed by atoms with E-state index in [9.17, 15) is 10.1 Å². The van der Waals surface area contributed by atoms with Gasteiger partial charge in [0, 0.05) is 30.6 Å². The van der Waals surface area contributed by atoms with Gasteiger partial charge in [0.1, 0.15) is 0 Å². The first-order chi connectivity index (χ1) is 9.01. The Labute approximate surface area is 111 Å². The Morgan fingerprint density at radius 1 is 1.47 bits per heavy atom. The second-order valence-electron chi connectivity index (χ2n) is 4.40. The van der Waals surface area contributed by atoms with Crippen LogP contribution in [0.3, 0.4) is 0 Å². The lowest BCUT2D eigenvalue weighted by Gasteiger charge is -2.06. The summed E-state index contributed by atoms with van der Waals surface area (Å²) in [5, 5.41) is 18.4. The maximum Gasteiger partial charge on any atom is 0.274 e. The predicted octanol–water partition coefficient (Wildman–Crippen LogP) is 2.94. The van der Waals surface area contributed by atoms with Crippen LogP contribution < -0.4 is 5.32 Å². The lowest BCUT2D eigenvalue weighted by Crippen LogP contribution is -1.96. The molecule has 0 radical (unpaired) electrons. The summed E-state index contributed by atoms with van der Waals surface area (Å²) in [6, 6.07) is 5.11. The number of anilines is 2. The van der Waals surface area contributed by atoms with Crippen molar-refractivity contribution in [3.8, 4) is 0 Å². The Morgan fingerprint density at radius 3 is 2.84 bits per heavy atom. The maximum atomic E-state index is 10.9. The highest BCUT2D eigenvalue weighted by Gasteiger charge is 2.12. The molecule has 0 aliphatic heterocycles. The summed E-state index contributed by atoms with van der Waals surface area (Å²) in [5.41, 5.74) is 3.28. The Morgan fingerprint density at radius 2 is 2.21 bits per heavy atom. The third kappa shape index (κ3) is 2.73. The highest BCUT2D eigenvalue weighted by molar-refractivity contribution is 5.64. The van der Waals surface area contributed by atoms with Gasteiger partial charge >= 0.3 is 0 Å². The molecule has 0 atom stereocenters. The second kappa shape index (κ2) is 5.09. The van der Waals surface area contributed by atoms with Crippen molar-refractivity contribution in [3.05, 3.63) is 45.8 Å². The van der Waals surface area contributed by atoms with E-state index in [1.54, 1.807) is 23.7 Å². The number of hydrogen-bond acceptors (Lipinski definition) is 4. The molecule has 2 aromatic rings. The number of benzene rings is 1. The van der Waals surface area contributed by atoms with Gasteiger partial charge in [-0.3, -0.25) is 14.8 Å². The summed E-state index contributed by atoms with van der Waals surface area (Å²) in [6.07, 6.45) is 2.67. The van der Waals surface area contributed by atoms with Gasteiger partial charge in [0.15, 0.2) is 0 Å². The lowest BCUT2D eigenvalue weighted by molar-refractivity contribution is -0.385. The Kier molecular flexibility index (Phi) is 3.50. The molecule has 1 aromatic carbocycles. The summed E-state index contributed by atoms with van der Waals surface area (Å²) < 4.78 is 1.73. The zero-order chi connectivity index (χ0) is 14.0. The highest BCUT2D eigenvalue weighted by atomic mass is 16.6. The normalized spacial score (nSPS) is 10.5. The third-order valence-corrected chi connectivity index (χ3v) is 2.93. The van der Waals surface area contributed by atoms with Crippen molar-refractivity contribution in [2.75, 3.05) is 5.32 Å². The first-order valence-corrected chi connectivity index (χ1v) is 6.06. The fourth-order valence-electron chi connectivity index (χ4n) is 1.94. The molecule has 6 nitrogen and oxygen atoms in total. The van der Waals surface area contributed by atoms with Crippen molar-refractivity contribution < 1.29 is 4.92 Å². The van der Waals surface area contributed by atoms with E-state index in [1.807, 2.05) is 26.2 Å². The molecule has 0 aliphatic rings. The number of nitro groups is 1. The van der Waals surface area contributed by atoms with Crippen LogP contribution in [0, 0.1) is 17.0 Å². The average molecular weight is 260 g/mol. The zero-order valence-electron chi connectivity index (χ0n) is 11.2. The maximum absolute atomic E-state index is 10.9. The van der Waals surface area contributed by atoms with Crippen LogP contribution in [-0.2, 0) is 13.5 Å². The van der Waals surface area contributed by atoms with Crippen LogP contribution in [0.5, 0.6) is 0 Å². The Balaban J connectivity index is 2.33. The fraction of sp³-hybridized carbons (Fsp3) is 0.308. The molecule has 0 spiro atoms. The van der Waals surface area contributed by atoms with Crippen LogP contribution in [0.4, 0.5) is 17.1 Å². The van der Waals surface area contributed by atoms with Crippen molar-refractivity contribution in [1.82, 2.24) is 9.78 Å². The van der Waals surface area contributed by atoms with Gasteiger partial charge in [0.05, 0.1) is 16.3 Å². The summed E-state index contributed by atoms with van der Waals surface area (Å²) in [6.45, 7) is 3.74. The number of rotatable bonds is 4. The van der Waals surface area contributed by atoms with Gasteiger partial charge in [-0.1, -0.05) is 13.0 Å². The van der Waals surface area contributed by atoms with E-state index in [0.29, 0.717) is 11.3 Å². The van der Waals surface area contributed by atoms with Crippen LogP contribution in [-0.4, -0.2) is 14.7 Å². The Bertz CT molecular complexity index is 619. The molecule has 100 valence electrons. The van der Waals surface area contributed by atoms with Gasteiger partial charge in [0.25, 0.3) is 5.69 Å². The predicted molar refractivity (Wildman–Crippen MR) is 73.7 cm³/mol. The largest absolute Gasteiger partial charge is 0.353 e. The van der Waals surface area contributed by atoms with Crippen molar-refractivity contribution in [2.45, 2.75) is 20.3 Å². The van der Waals surface area contributed by atoms with Crippen molar-refractivity contribution >= 4 is 17.1 Å². The second-order valence-corrected chi connectivity index (χ2v) is 4.40. The van der Waals surface area contributed by atoms with E-state index in [4.69, 9.17) is 0 Å². The fourth-order valence-corrected chi connectivity index (χ4v) is 1.94. The summed E-state index contributed by atoms with van der Waals surface area (Å²) >= 11 is 0. The summed E-state index contributed by atoms with van der Waals surface area (Å²) in [7, 11) is 1.85. The molecular formula is C13H16N4O2. The summed E-state index contributed by atoms with van der Waals surface area (Å²) in [5.74, 6) is 0. The molecule has 0 saturated heterocycles. The van der Waals surface area contributed by atoms with E-state index >= 15 is 0 Å². The van der Waals surface area contributed by atoms with Crippen LogP contribution in [0.25, 0.3) is 0 Å². The van der Waals surface area contributed by atoms with Crippen molar-refractivity contribution in [1.29, 1.82) is 0 Å². The van der Waals surface area contributed by atoms with Gasteiger partial charge < -0.3 is 5.32 Å². The first kappa shape index (κ1) is 13.1. The minimum atomic E-state index is -0.371. The van der Waals surface area contributed by atoms with Gasteiger partial charge in [-0.2, -0.15) is 5.10 Å². The molecule has 2 rings (SSSR count). The van der Waals surface area contributed by atoms with E-state index in [1.165, 1.54) is 0 Å². The monoisotopic (exact) mass is 260 g/mol. The van der Waals surface area contributed by atoms with Gasteiger partial charge in [0.2, 0.25) is 0 Å². The Hall–Kier alpha value is -2.37. The molecule has 0 saturated carbocycles. The molecule has 0 bridgehead atoms. The van der Waals surface area contributed by atoms with E-state index in [2.05, 4.69) is 10.4 Å². The summed E-state index contributed by atoms with van der Waals surface area (Å²) in [4.78, 5) is 10.5.